The Kier molecular flexibility index (Phi) is 5.77. The van der Waals surface area contributed by atoms with Gasteiger partial charge in [0.25, 0.3) is 0 Å². The molecule has 0 atom stereocenters. The van der Waals surface area contributed by atoms with E-state index in [0.717, 1.165) is 12.1 Å². The highest BCUT2D eigenvalue weighted by Crippen LogP contribution is 2.35. The fourth-order valence-corrected chi connectivity index (χ4v) is 3.21. The lowest BCUT2D eigenvalue weighted by atomic mass is 10.1. The van der Waals surface area contributed by atoms with Crippen LogP contribution >= 0.6 is 0 Å². The summed E-state index contributed by atoms with van der Waals surface area (Å²) in [6.07, 6.45) is -2.88. The molecule has 0 amide bonds. The van der Waals surface area contributed by atoms with Crippen molar-refractivity contribution in [2.45, 2.75) is 6.18 Å². The third kappa shape index (κ3) is 4.54. The number of halogens is 3. The summed E-state index contributed by atoms with van der Waals surface area (Å²) in [5.74, 6) is 2.30. The minimum Gasteiger partial charge on any atom is -0.493 e. The van der Waals surface area contributed by atoms with Gasteiger partial charge in [-0.1, -0.05) is 0 Å². The van der Waals surface area contributed by atoms with Crippen molar-refractivity contribution in [3.8, 4) is 23.0 Å². The highest BCUT2D eigenvalue weighted by atomic mass is 19.4. The van der Waals surface area contributed by atoms with Crippen molar-refractivity contribution in [2.24, 2.45) is 0 Å². The molecule has 0 spiro atoms. The molecular formula is C24H19F3N2O3. The number of hydrogen-bond donors (Lipinski definition) is 1. The molecule has 0 fully saturated rings. The number of fused-ring (bicyclic) bond motifs is 1. The van der Waals surface area contributed by atoms with Gasteiger partial charge in [0.05, 0.1) is 25.3 Å². The molecule has 0 saturated heterocycles. The predicted octanol–water partition coefficient (Wildman–Crippen LogP) is 6.81. The van der Waals surface area contributed by atoms with Crippen LogP contribution in [0.1, 0.15) is 5.56 Å². The van der Waals surface area contributed by atoms with Crippen LogP contribution in [0.4, 0.5) is 24.5 Å². The summed E-state index contributed by atoms with van der Waals surface area (Å²) < 4.78 is 55.7. The van der Waals surface area contributed by atoms with Crippen LogP contribution in [-0.4, -0.2) is 19.2 Å². The fourth-order valence-electron chi connectivity index (χ4n) is 3.21. The van der Waals surface area contributed by atoms with Gasteiger partial charge in [-0.05, 0) is 60.7 Å². The number of nitrogens with one attached hydrogen (secondary N) is 1. The normalized spacial score (nSPS) is 11.3. The van der Waals surface area contributed by atoms with Crippen molar-refractivity contribution in [1.29, 1.82) is 0 Å². The van der Waals surface area contributed by atoms with Crippen LogP contribution in [-0.2, 0) is 6.18 Å². The van der Waals surface area contributed by atoms with Crippen LogP contribution < -0.4 is 19.5 Å². The molecule has 0 aliphatic carbocycles. The van der Waals surface area contributed by atoms with Crippen LogP contribution in [0, 0.1) is 0 Å². The SMILES string of the molecule is COc1ccc(Oc2ccc(Nc3ccnc4ccc(C(F)(F)F)cc34)cc2)cc1OC. The van der Waals surface area contributed by atoms with E-state index >= 15 is 0 Å². The molecule has 0 saturated carbocycles. The van der Waals surface area contributed by atoms with E-state index in [4.69, 9.17) is 14.2 Å². The first-order chi connectivity index (χ1) is 15.4. The van der Waals surface area contributed by atoms with Crippen LogP contribution in [0.25, 0.3) is 10.9 Å². The van der Waals surface area contributed by atoms with E-state index in [1.807, 2.05) is 0 Å². The van der Waals surface area contributed by atoms with E-state index in [1.54, 1.807) is 68.9 Å². The smallest absolute Gasteiger partial charge is 0.416 e. The highest BCUT2D eigenvalue weighted by molar-refractivity contribution is 5.93. The summed E-state index contributed by atoms with van der Waals surface area (Å²) >= 11 is 0. The number of ether oxygens (including phenoxy) is 3. The first-order valence-electron chi connectivity index (χ1n) is 9.60. The number of methoxy groups -OCH3 is 2. The van der Waals surface area contributed by atoms with Crippen molar-refractivity contribution < 1.29 is 27.4 Å². The molecule has 164 valence electrons. The van der Waals surface area contributed by atoms with Gasteiger partial charge < -0.3 is 19.5 Å². The number of aromatic nitrogens is 1. The molecule has 5 nitrogen and oxygen atoms in total. The van der Waals surface area contributed by atoms with Crippen molar-refractivity contribution in [1.82, 2.24) is 4.98 Å². The van der Waals surface area contributed by atoms with Gasteiger partial charge in [-0.3, -0.25) is 4.98 Å². The Morgan fingerprint density at radius 3 is 2.19 bits per heavy atom. The van der Waals surface area contributed by atoms with E-state index < -0.39 is 11.7 Å². The molecule has 0 bridgehead atoms. The third-order valence-electron chi connectivity index (χ3n) is 4.79. The minimum absolute atomic E-state index is 0.382. The molecule has 8 heteroatoms. The first-order valence-corrected chi connectivity index (χ1v) is 9.60. The summed E-state index contributed by atoms with van der Waals surface area (Å²) in [7, 11) is 3.10. The van der Waals surface area contributed by atoms with Crippen LogP contribution in [0.5, 0.6) is 23.0 Å². The Hall–Kier alpha value is -3.94. The zero-order valence-electron chi connectivity index (χ0n) is 17.2. The van der Waals surface area contributed by atoms with Crippen molar-refractivity contribution >= 4 is 22.3 Å². The second-order valence-electron chi connectivity index (χ2n) is 6.86. The molecule has 32 heavy (non-hydrogen) atoms. The number of pyridine rings is 1. The van der Waals surface area contributed by atoms with Crippen molar-refractivity contribution in [3.63, 3.8) is 0 Å². The lowest BCUT2D eigenvalue weighted by Crippen LogP contribution is -2.05. The monoisotopic (exact) mass is 440 g/mol. The summed E-state index contributed by atoms with van der Waals surface area (Å²) in [6, 6.07) is 17.4. The maximum atomic E-state index is 13.1. The first kappa shape index (κ1) is 21.3. The van der Waals surface area contributed by atoms with Crippen LogP contribution in [0.15, 0.2) is 72.9 Å². The molecule has 1 heterocycles. The summed E-state index contributed by atoms with van der Waals surface area (Å²) in [5, 5.41) is 3.53. The second kappa shape index (κ2) is 8.66. The largest absolute Gasteiger partial charge is 0.493 e. The fraction of sp³-hybridized carbons (Fsp3) is 0.125. The molecule has 3 aromatic carbocycles. The van der Waals surface area contributed by atoms with Crippen molar-refractivity contribution in [2.75, 3.05) is 19.5 Å². The number of hydrogen-bond acceptors (Lipinski definition) is 5. The Morgan fingerprint density at radius 2 is 1.50 bits per heavy atom. The molecule has 1 N–H and O–H groups in total. The number of rotatable bonds is 6. The predicted molar refractivity (Wildman–Crippen MR) is 116 cm³/mol. The van der Waals surface area contributed by atoms with E-state index in [1.165, 1.54) is 6.07 Å². The topological polar surface area (TPSA) is 52.6 Å². The molecule has 0 unspecified atom stereocenters. The van der Waals surface area contributed by atoms with E-state index in [9.17, 15) is 13.2 Å². The zero-order valence-corrected chi connectivity index (χ0v) is 17.2. The van der Waals surface area contributed by atoms with Gasteiger partial charge in [-0.2, -0.15) is 13.2 Å². The van der Waals surface area contributed by atoms with Crippen molar-refractivity contribution in [3.05, 3.63) is 78.5 Å². The summed E-state index contributed by atoms with van der Waals surface area (Å²) in [4.78, 5) is 4.15. The van der Waals surface area contributed by atoms with Gasteiger partial charge in [0.1, 0.15) is 11.5 Å². The molecule has 0 aliphatic rings. The molecular weight excluding hydrogens is 421 g/mol. The summed E-state index contributed by atoms with van der Waals surface area (Å²) in [5.41, 5.74) is 0.959. The van der Waals surface area contributed by atoms with E-state index in [0.29, 0.717) is 45.3 Å². The molecule has 4 aromatic rings. The quantitative estimate of drug-likeness (QED) is 0.357. The Labute approximate surface area is 182 Å². The number of benzene rings is 3. The number of alkyl halides is 3. The van der Waals surface area contributed by atoms with Gasteiger partial charge in [0.15, 0.2) is 11.5 Å². The van der Waals surface area contributed by atoms with E-state index in [2.05, 4.69) is 10.3 Å². The third-order valence-corrected chi connectivity index (χ3v) is 4.79. The molecule has 0 aliphatic heterocycles. The van der Waals surface area contributed by atoms with Gasteiger partial charge in [-0.25, -0.2) is 0 Å². The van der Waals surface area contributed by atoms with Gasteiger partial charge in [0, 0.05) is 29.0 Å². The average Bonchev–Trinajstić information content (AvgIpc) is 2.79. The Morgan fingerprint density at radius 1 is 0.781 bits per heavy atom. The number of anilines is 2. The molecule has 4 rings (SSSR count). The zero-order chi connectivity index (χ0) is 22.7. The minimum atomic E-state index is -4.43. The highest BCUT2D eigenvalue weighted by Gasteiger charge is 2.30. The average molecular weight is 440 g/mol. The Balaban J connectivity index is 1.55. The summed E-state index contributed by atoms with van der Waals surface area (Å²) in [6.45, 7) is 0. The lowest BCUT2D eigenvalue weighted by molar-refractivity contribution is -0.137. The lowest BCUT2D eigenvalue weighted by Gasteiger charge is -2.13. The van der Waals surface area contributed by atoms with Crippen LogP contribution in [0.3, 0.4) is 0 Å². The Bertz CT molecular complexity index is 1240. The standard InChI is InChI=1S/C24H19F3N2O3/c1-30-22-10-8-18(14-23(22)31-2)32-17-6-4-16(5-7-17)29-21-11-12-28-20-9-3-15(13-19(20)21)24(25,26)27/h3-14H,1-2H3,(H,28,29). The maximum absolute atomic E-state index is 13.1. The van der Waals surface area contributed by atoms with Gasteiger partial charge >= 0.3 is 6.18 Å². The van der Waals surface area contributed by atoms with Crippen LogP contribution in [0.2, 0.25) is 0 Å². The van der Waals surface area contributed by atoms with Gasteiger partial charge in [0.2, 0.25) is 0 Å². The van der Waals surface area contributed by atoms with E-state index in [-0.39, 0.29) is 0 Å². The number of nitrogens with zero attached hydrogens (tertiary/aromatic N) is 1. The maximum Gasteiger partial charge on any atom is 0.416 e. The molecule has 1 aromatic heterocycles. The second-order valence-corrected chi connectivity index (χ2v) is 6.86. The van der Waals surface area contributed by atoms with Gasteiger partial charge in [-0.15, -0.1) is 0 Å². The molecule has 0 radical (unpaired) electrons.